The number of aromatic nitrogens is 1. The molecule has 1 rings (SSSR count). The van der Waals surface area contributed by atoms with Crippen LogP contribution < -0.4 is 5.73 Å². The van der Waals surface area contributed by atoms with Crippen LogP contribution in [-0.4, -0.2) is 17.1 Å². The Labute approximate surface area is 63.6 Å². The smallest absolute Gasteiger partial charge is 0.234 e. The number of nitrogen functional groups attached to an aromatic ring is 1. The van der Waals surface area contributed by atoms with Gasteiger partial charge in [0.2, 0.25) is 6.29 Å². The average Bonchev–Trinajstić information content (AvgIpc) is 2.04. The number of pyridine rings is 1. The summed E-state index contributed by atoms with van der Waals surface area (Å²) in [5.74, 6) is -0.170. The average molecular weight is 148 g/mol. The molecule has 1 aromatic rings. The Morgan fingerprint density at radius 2 is 2.45 bits per heavy atom. The minimum Gasteiger partial charge on any atom is -0.384 e. The molecule has 55 valence electrons. The monoisotopic (exact) mass is 148 g/mol. The van der Waals surface area contributed by atoms with E-state index in [0.29, 0.717) is 5.56 Å². The van der Waals surface area contributed by atoms with Crippen LogP contribution in [0.2, 0.25) is 0 Å². The minimum absolute atomic E-state index is 0.170. The summed E-state index contributed by atoms with van der Waals surface area (Å²) >= 11 is 0. The lowest BCUT2D eigenvalue weighted by atomic mass is 10.1. The van der Waals surface area contributed by atoms with Crippen molar-refractivity contribution in [1.29, 1.82) is 5.41 Å². The molecule has 1 aromatic heterocycles. The van der Waals surface area contributed by atoms with Crippen LogP contribution in [0.4, 0.5) is 0 Å². The van der Waals surface area contributed by atoms with Gasteiger partial charge in [-0.25, -0.2) is 0 Å². The van der Waals surface area contributed by atoms with E-state index in [1.807, 2.05) is 0 Å². The van der Waals surface area contributed by atoms with E-state index in [0.717, 1.165) is 0 Å². The van der Waals surface area contributed by atoms with Gasteiger partial charge >= 0.3 is 0 Å². The van der Waals surface area contributed by atoms with Crippen molar-refractivity contribution in [2.75, 3.05) is 0 Å². The van der Waals surface area contributed by atoms with Gasteiger partial charge in [-0.3, -0.25) is 15.2 Å². The Balaban J connectivity index is 3.22. The van der Waals surface area contributed by atoms with Crippen molar-refractivity contribution in [2.24, 2.45) is 5.73 Å². The number of rotatable bonds is 2. The number of carbonyl (C=O) groups excluding carboxylic acids is 1. The minimum atomic E-state index is -0.170. The van der Waals surface area contributed by atoms with Crippen molar-refractivity contribution in [1.82, 2.24) is 4.98 Å². The van der Waals surface area contributed by atoms with Gasteiger partial charge in [-0.15, -0.1) is 0 Å². The molecule has 0 amide bonds. The Bertz CT molecular complexity index is 295. The van der Waals surface area contributed by atoms with Crippen LogP contribution in [-0.2, 0) is 4.79 Å². The third-order valence-electron chi connectivity index (χ3n) is 1.22. The zero-order valence-corrected chi connectivity index (χ0v) is 5.66. The number of hydrogen-bond acceptors (Lipinski definition) is 3. The van der Waals surface area contributed by atoms with Gasteiger partial charge in [0.25, 0.3) is 0 Å². The number of nitrogens with zero attached hydrogens (tertiary/aromatic N) is 1. The second kappa shape index (κ2) is 2.92. The fourth-order valence-electron chi connectivity index (χ4n) is 0.698. The first kappa shape index (κ1) is 7.40. The second-order valence-electron chi connectivity index (χ2n) is 1.94. The lowest BCUT2D eigenvalue weighted by Crippen LogP contribution is -2.13. The second-order valence-corrected chi connectivity index (χ2v) is 1.94. The first-order valence-electron chi connectivity index (χ1n) is 2.92. The van der Waals surface area contributed by atoms with Crippen molar-refractivity contribution in [3.05, 3.63) is 29.6 Å². The summed E-state index contributed by atoms with van der Waals surface area (Å²) in [6, 6.07) is 1.46. The third kappa shape index (κ3) is 1.40. The number of nitrogens with two attached hydrogens (primary N) is 1. The maximum atomic E-state index is 10.2. The van der Waals surface area contributed by atoms with Crippen LogP contribution in [0.5, 0.6) is 0 Å². The van der Waals surface area contributed by atoms with Crippen molar-refractivity contribution < 1.29 is 4.79 Å². The van der Waals surface area contributed by atoms with E-state index in [9.17, 15) is 4.79 Å². The first-order chi connectivity index (χ1) is 5.25. The molecule has 0 unspecified atom stereocenters. The number of nitrogens with one attached hydrogen (secondary N) is 1. The molecule has 11 heavy (non-hydrogen) atoms. The largest absolute Gasteiger partial charge is 0.384 e. The predicted octanol–water partition coefficient (Wildman–Crippen LogP) is -0.177. The standard InChI is InChI=1S/C7H6N3O/c8-7(9)6-3-10-2-1-5(6)4-11/h1-3H,(H3,8,9). The van der Waals surface area contributed by atoms with E-state index in [1.165, 1.54) is 18.5 Å². The van der Waals surface area contributed by atoms with Gasteiger partial charge in [-0.1, -0.05) is 0 Å². The normalized spacial score (nSPS) is 9.09. The molecule has 0 saturated carbocycles. The van der Waals surface area contributed by atoms with E-state index in [4.69, 9.17) is 11.1 Å². The van der Waals surface area contributed by atoms with Gasteiger partial charge in [-0.05, 0) is 6.07 Å². The van der Waals surface area contributed by atoms with Crippen LogP contribution in [0.1, 0.15) is 11.1 Å². The van der Waals surface area contributed by atoms with Gasteiger partial charge in [0.15, 0.2) is 0 Å². The fourth-order valence-corrected chi connectivity index (χ4v) is 0.698. The fraction of sp³-hybridized carbons (Fsp3) is 0. The molecule has 0 aromatic carbocycles. The Kier molecular flexibility index (Phi) is 1.96. The lowest BCUT2D eigenvalue weighted by Gasteiger charge is -1.97. The Morgan fingerprint density at radius 1 is 1.73 bits per heavy atom. The van der Waals surface area contributed by atoms with Crippen LogP contribution in [0.25, 0.3) is 0 Å². The van der Waals surface area contributed by atoms with Gasteiger partial charge in [0.1, 0.15) is 5.84 Å². The van der Waals surface area contributed by atoms with Crippen molar-refractivity contribution in [3.63, 3.8) is 0 Å². The topological polar surface area (TPSA) is 79.8 Å². The highest BCUT2D eigenvalue weighted by atomic mass is 16.1. The summed E-state index contributed by atoms with van der Waals surface area (Å²) in [7, 11) is 0. The summed E-state index contributed by atoms with van der Waals surface area (Å²) in [6.45, 7) is 0. The summed E-state index contributed by atoms with van der Waals surface area (Å²) in [5, 5.41) is 7.04. The molecule has 4 heteroatoms. The molecule has 0 aliphatic rings. The van der Waals surface area contributed by atoms with E-state index in [2.05, 4.69) is 4.98 Å². The zero-order valence-electron chi connectivity index (χ0n) is 5.66. The quantitative estimate of drug-likeness (QED) is 0.451. The molecule has 4 nitrogen and oxygen atoms in total. The van der Waals surface area contributed by atoms with Crippen molar-refractivity contribution in [2.45, 2.75) is 0 Å². The van der Waals surface area contributed by atoms with Gasteiger partial charge in [0.05, 0.1) is 0 Å². The van der Waals surface area contributed by atoms with Crippen LogP contribution in [0.3, 0.4) is 0 Å². The lowest BCUT2D eigenvalue weighted by molar-refractivity contribution is 0.562. The van der Waals surface area contributed by atoms with E-state index >= 15 is 0 Å². The Morgan fingerprint density at radius 3 is 2.91 bits per heavy atom. The summed E-state index contributed by atoms with van der Waals surface area (Å²) < 4.78 is 0. The number of amidine groups is 1. The summed E-state index contributed by atoms with van der Waals surface area (Å²) in [5.41, 5.74) is 5.75. The van der Waals surface area contributed by atoms with E-state index in [-0.39, 0.29) is 11.4 Å². The molecule has 0 aliphatic carbocycles. The molecule has 0 fully saturated rings. The third-order valence-corrected chi connectivity index (χ3v) is 1.22. The van der Waals surface area contributed by atoms with Gasteiger partial charge in [0, 0.05) is 23.5 Å². The molecule has 0 atom stereocenters. The SMILES string of the molecule is N=C(N)c1cnccc1[C]=O. The van der Waals surface area contributed by atoms with Gasteiger partial charge < -0.3 is 5.73 Å². The highest BCUT2D eigenvalue weighted by Crippen LogP contribution is 2.01. The molecule has 1 heterocycles. The maximum absolute atomic E-state index is 10.2. The predicted molar refractivity (Wildman–Crippen MR) is 40.0 cm³/mol. The van der Waals surface area contributed by atoms with Crippen molar-refractivity contribution in [3.8, 4) is 0 Å². The number of hydrogen-bond donors (Lipinski definition) is 2. The molecule has 0 spiro atoms. The molecular weight excluding hydrogens is 142 g/mol. The van der Waals surface area contributed by atoms with Crippen LogP contribution in [0.15, 0.2) is 18.5 Å². The van der Waals surface area contributed by atoms with Crippen LogP contribution >= 0.6 is 0 Å². The summed E-state index contributed by atoms with van der Waals surface area (Å²) in [4.78, 5) is 13.9. The molecule has 0 aliphatic heterocycles. The Hall–Kier alpha value is -1.71. The first-order valence-corrected chi connectivity index (χ1v) is 2.92. The van der Waals surface area contributed by atoms with E-state index in [1.54, 1.807) is 6.29 Å². The zero-order chi connectivity index (χ0) is 8.27. The van der Waals surface area contributed by atoms with Gasteiger partial charge in [-0.2, -0.15) is 0 Å². The molecule has 3 N–H and O–H groups in total. The van der Waals surface area contributed by atoms with Crippen molar-refractivity contribution >= 4 is 12.1 Å². The van der Waals surface area contributed by atoms with E-state index < -0.39 is 0 Å². The highest BCUT2D eigenvalue weighted by Gasteiger charge is 2.03. The summed E-state index contributed by atoms with van der Waals surface area (Å²) in [6.07, 6.45) is 4.48. The highest BCUT2D eigenvalue weighted by molar-refractivity contribution is 6.01. The van der Waals surface area contributed by atoms with Crippen LogP contribution in [0, 0.1) is 5.41 Å². The molecule has 0 bridgehead atoms. The molecular formula is C7H6N3O. The maximum Gasteiger partial charge on any atom is 0.234 e. The molecule has 0 saturated heterocycles. The molecule has 1 radical (unpaired) electrons.